The van der Waals surface area contributed by atoms with Gasteiger partial charge in [-0.05, 0) is 36.8 Å². The first kappa shape index (κ1) is 19.9. The highest BCUT2D eigenvalue weighted by Gasteiger charge is 2.27. The molecule has 0 aliphatic heterocycles. The van der Waals surface area contributed by atoms with Crippen molar-refractivity contribution in [2.45, 2.75) is 13.0 Å². The van der Waals surface area contributed by atoms with Gasteiger partial charge in [-0.1, -0.05) is 59.6 Å². The number of nitrogens with one attached hydrogen (secondary N) is 1. The van der Waals surface area contributed by atoms with Crippen molar-refractivity contribution in [3.05, 3.63) is 93.7 Å². The van der Waals surface area contributed by atoms with Gasteiger partial charge in [0.1, 0.15) is 5.15 Å². The van der Waals surface area contributed by atoms with Gasteiger partial charge in [0.2, 0.25) is 6.10 Å². The summed E-state index contributed by atoms with van der Waals surface area (Å²) in [6.07, 6.45) is 0.284. The smallest absolute Gasteiger partial charge is 0.342 e. The van der Waals surface area contributed by atoms with E-state index in [4.69, 9.17) is 27.9 Å². The number of hydrogen-bond donors (Lipinski definition) is 1. The number of halogens is 2. The highest BCUT2D eigenvalue weighted by Crippen LogP contribution is 2.25. The fourth-order valence-electron chi connectivity index (χ4n) is 2.49. The van der Waals surface area contributed by atoms with Crippen molar-refractivity contribution in [1.29, 1.82) is 0 Å². The molecule has 0 radical (unpaired) electrons. The molecule has 3 rings (SSSR count). The molecule has 0 saturated heterocycles. The number of pyridine rings is 1. The molecule has 1 atom stereocenters. The van der Waals surface area contributed by atoms with Gasteiger partial charge in [0.05, 0.1) is 5.56 Å². The predicted octanol–water partition coefficient (Wildman–Crippen LogP) is 5.23. The molecule has 142 valence electrons. The summed E-state index contributed by atoms with van der Waals surface area (Å²) in [5.74, 6) is -1.26. The lowest BCUT2D eigenvalue weighted by Gasteiger charge is -2.18. The summed E-state index contributed by atoms with van der Waals surface area (Å²) in [6.45, 7) is 1.86. The second-order valence-electron chi connectivity index (χ2n) is 5.99. The number of aromatic nitrogens is 1. The van der Waals surface area contributed by atoms with Crippen LogP contribution >= 0.6 is 23.2 Å². The summed E-state index contributed by atoms with van der Waals surface area (Å²) in [5, 5.41) is 3.26. The van der Waals surface area contributed by atoms with Gasteiger partial charge in [-0.3, -0.25) is 4.79 Å². The Bertz CT molecular complexity index is 1010. The van der Waals surface area contributed by atoms with Crippen molar-refractivity contribution in [2.75, 3.05) is 5.32 Å². The molecule has 0 spiro atoms. The third kappa shape index (κ3) is 4.68. The average Bonchev–Trinajstić information content (AvgIpc) is 2.69. The fourth-order valence-corrected chi connectivity index (χ4v) is 2.87. The average molecular weight is 415 g/mol. The number of carbonyl (C=O) groups is 2. The van der Waals surface area contributed by atoms with E-state index in [1.165, 1.54) is 12.3 Å². The van der Waals surface area contributed by atoms with E-state index < -0.39 is 18.0 Å². The van der Waals surface area contributed by atoms with Gasteiger partial charge in [0.25, 0.3) is 5.91 Å². The fraction of sp³-hybridized carbons (Fsp3) is 0.0952. The third-order valence-electron chi connectivity index (χ3n) is 3.98. The van der Waals surface area contributed by atoms with Crippen LogP contribution in [-0.2, 0) is 9.53 Å². The zero-order valence-electron chi connectivity index (χ0n) is 14.9. The van der Waals surface area contributed by atoms with Gasteiger partial charge in [-0.15, -0.1) is 0 Å². The summed E-state index contributed by atoms with van der Waals surface area (Å²) < 4.78 is 5.48. The molecule has 1 N–H and O–H groups in total. The van der Waals surface area contributed by atoms with Gasteiger partial charge < -0.3 is 10.1 Å². The molecule has 0 aliphatic rings. The Morgan fingerprint density at radius 1 is 1.04 bits per heavy atom. The molecule has 0 saturated carbocycles. The van der Waals surface area contributed by atoms with Crippen LogP contribution in [0, 0.1) is 6.92 Å². The molecule has 1 amide bonds. The number of benzene rings is 2. The molecule has 3 aromatic rings. The third-order valence-corrected chi connectivity index (χ3v) is 4.69. The van der Waals surface area contributed by atoms with Crippen molar-refractivity contribution in [3.8, 4) is 0 Å². The van der Waals surface area contributed by atoms with Crippen LogP contribution in [0.1, 0.15) is 27.6 Å². The zero-order chi connectivity index (χ0) is 20.1. The molecular formula is C21H16Cl2N2O3. The molecule has 2 aromatic carbocycles. The van der Waals surface area contributed by atoms with E-state index in [2.05, 4.69) is 10.3 Å². The number of nitrogens with zero attached hydrogens (tertiary/aromatic N) is 1. The van der Waals surface area contributed by atoms with Crippen LogP contribution in [0.3, 0.4) is 0 Å². The normalized spacial score (nSPS) is 11.5. The first-order valence-corrected chi connectivity index (χ1v) is 9.15. The Morgan fingerprint density at radius 3 is 2.46 bits per heavy atom. The Labute approximate surface area is 172 Å². The maximum Gasteiger partial charge on any atom is 0.342 e. The van der Waals surface area contributed by atoms with E-state index in [9.17, 15) is 9.59 Å². The minimum absolute atomic E-state index is 0.00466. The SMILES string of the molecule is Cc1ccc(NC(=O)[C@@H](OC(=O)c2cccnc2Cl)c2ccccc2)cc1Cl. The van der Waals surface area contributed by atoms with Gasteiger partial charge in [0.15, 0.2) is 0 Å². The lowest BCUT2D eigenvalue weighted by Crippen LogP contribution is -2.26. The van der Waals surface area contributed by atoms with Crippen molar-refractivity contribution in [3.63, 3.8) is 0 Å². The number of amides is 1. The zero-order valence-corrected chi connectivity index (χ0v) is 16.4. The van der Waals surface area contributed by atoms with Gasteiger partial charge in [0, 0.05) is 22.5 Å². The maximum absolute atomic E-state index is 12.9. The first-order chi connectivity index (χ1) is 13.5. The van der Waals surface area contributed by atoms with Crippen molar-refractivity contribution in [2.24, 2.45) is 0 Å². The Morgan fingerprint density at radius 2 is 1.79 bits per heavy atom. The van der Waals surface area contributed by atoms with E-state index >= 15 is 0 Å². The highest BCUT2D eigenvalue weighted by molar-refractivity contribution is 6.32. The monoisotopic (exact) mass is 414 g/mol. The molecule has 7 heteroatoms. The quantitative estimate of drug-likeness (QED) is 0.458. The van der Waals surface area contributed by atoms with Crippen LogP contribution in [0.5, 0.6) is 0 Å². The number of anilines is 1. The van der Waals surface area contributed by atoms with Crippen LogP contribution in [0.4, 0.5) is 5.69 Å². The number of rotatable bonds is 5. The van der Waals surface area contributed by atoms with E-state index in [1.54, 1.807) is 54.6 Å². The van der Waals surface area contributed by atoms with Gasteiger partial charge in [-0.25, -0.2) is 9.78 Å². The van der Waals surface area contributed by atoms with Gasteiger partial charge in [-0.2, -0.15) is 0 Å². The largest absolute Gasteiger partial charge is 0.444 e. The number of hydrogen-bond acceptors (Lipinski definition) is 4. The minimum Gasteiger partial charge on any atom is -0.444 e. The molecule has 0 fully saturated rings. The van der Waals surface area contributed by atoms with Gasteiger partial charge >= 0.3 is 5.97 Å². The summed E-state index contributed by atoms with van der Waals surface area (Å²) in [4.78, 5) is 29.3. The summed E-state index contributed by atoms with van der Waals surface area (Å²) in [7, 11) is 0. The van der Waals surface area contributed by atoms with E-state index in [0.29, 0.717) is 16.3 Å². The topological polar surface area (TPSA) is 68.3 Å². The standard InChI is InChI=1S/C21H16Cl2N2O3/c1-13-9-10-15(12-17(13)22)25-20(26)18(14-6-3-2-4-7-14)28-21(27)16-8-5-11-24-19(16)23/h2-12,18H,1H3,(H,25,26)/t18-/m0/s1. The van der Waals surface area contributed by atoms with Crippen LogP contribution in [0.25, 0.3) is 0 Å². The van der Waals surface area contributed by atoms with Crippen LogP contribution in [-0.4, -0.2) is 16.9 Å². The van der Waals surface area contributed by atoms with Crippen molar-refractivity contribution < 1.29 is 14.3 Å². The molecule has 0 unspecified atom stereocenters. The lowest BCUT2D eigenvalue weighted by atomic mass is 10.1. The lowest BCUT2D eigenvalue weighted by molar-refractivity contribution is -0.125. The van der Waals surface area contributed by atoms with Crippen LogP contribution in [0.15, 0.2) is 66.9 Å². The second kappa shape index (κ2) is 8.87. The number of esters is 1. The van der Waals surface area contributed by atoms with E-state index in [1.807, 2.05) is 6.92 Å². The minimum atomic E-state index is -1.18. The molecular weight excluding hydrogens is 399 g/mol. The number of ether oxygens (including phenoxy) is 1. The Balaban J connectivity index is 1.86. The van der Waals surface area contributed by atoms with Crippen LogP contribution in [0.2, 0.25) is 10.2 Å². The summed E-state index contributed by atoms with van der Waals surface area (Å²) in [5.41, 5.74) is 1.98. The molecule has 1 heterocycles. The summed E-state index contributed by atoms with van der Waals surface area (Å²) in [6, 6.07) is 16.9. The number of carbonyl (C=O) groups excluding carboxylic acids is 2. The second-order valence-corrected chi connectivity index (χ2v) is 6.76. The first-order valence-electron chi connectivity index (χ1n) is 8.39. The molecule has 28 heavy (non-hydrogen) atoms. The Kier molecular flexibility index (Phi) is 6.29. The molecule has 0 aliphatic carbocycles. The van der Waals surface area contributed by atoms with Crippen molar-refractivity contribution >= 4 is 40.8 Å². The number of aryl methyl sites for hydroxylation is 1. The maximum atomic E-state index is 12.9. The predicted molar refractivity (Wildman–Crippen MR) is 109 cm³/mol. The van der Waals surface area contributed by atoms with E-state index in [-0.39, 0.29) is 10.7 Å². The Hall–Kier alpha value is -2.89. The van der Waals surface area contributed by atoms with Crippen LogP contribution < -0.4 is 5.32 Å². The summed E-state index contributed by atoms with van der Waals surface area (Å²) >= 11 is 12.1. The molecule has 0 bridgehead atoms. The molecule has 1 aromatic heterocycles. The van der Waals surface area contributed by atoms with E-state index in [0.717, 1.165) is 5.56 Å². The molecule has 5 nitrogen and oxygen atoms in total. The highest BCUT2D eigenvalue weighted by atomic mass is 35.5. The van der Waals surface area contributed by atoms with Crippen molar-refractivity contribution in [1.82, 2.24) is 4.98 Å².